The molecule has 1 heterocycles. The summed E-state index contributed by atoms with van der Waals surface area (Å²) >= 11 is 0. The van der Waals surface area contributed by atoms with Crippen LogP contribution in [0.15, 0.2) is 36.5 Å². The molecule has 1 aromatic carbocycles. The molecule has 19 heavy (non-hydrogen) atoms. The zero-order valence-electron chi connectivity index (χ0n) is 10.8. The summed E-state index contributed by atoms with van der Waals surface area (Å²) in [5, 5.41) is 2.64. The maximum absolute atomic E-state index is 10.9. The number of nitrogens with one attached hydrogen (secondary N) is 1. The quantitative estimate of drug-likeness (QED) is 0.829. The van der Waals surface area contributed by atoms with Crippen LogP contribution in [0.5, 0.6) is 11.6 Å². The van der Waals surface area contributed by atoms with E-state index in [2.05, 4.69) is 10.3 Å². The Morgan fingerprint density at radius 2 is 2.11 bits per heavy atom. The number of hydrogen-bond acceptors (Lipinski definition) is 4. The monoisotopic (exact) mass is 257 g/mol. The molecule has 5 heteroatoms. The van der Waals surface area contributed by atoms with Crippen molar-refractivity contribution in [1.82, 2.24) is 4.98 Å². The van der Waals surface area contributed by atoms with E-state index >= 15 is 0 Å². The fourth-order valence-electron chi connectivity index (χ4n) is 1.62. The Morgan fingerprint density at radius 3 is 2.68 bits per heavy atom. The Hall–Kier alpha value is -2.56. The summed E-state index contributed by atoms with van der Waals surface area (Å²) in [6.07, 6.45) is 1.55. The first-order valence-electron chi connectivity index (χ1n) is 5.82. The first-order chi connectivity index (χ1) is 9.04. The molecular formula is C14H15N3O2. The number of aryl methyl sites for hydroxylation is 1. The van der Waals surface area contributed by atoms with Crippen molar-refractivity contribution in [3.63, 3.8) is 0 Å². The Bertz CT molecular complexity index is 594. The van der Waals surface area contributed by atoms with Gasteiger partial charge in [0.25, 0.3) is 0 Å². The number of amides is 1. The van der Waals surface area contributed by atoms with Crippen LogP contribution in [-0.2, 0) is 4.79 Å². The molecule has 98 valence electrons. The molecule has 0 bridgehead atoms. The van der Waals surface area contributed by atoms with Crippen molar-refractivity contribution in [2.45, 2.75) is 13.8 Å². The second-order valence-electron chi connectivity index (χ2n) is 4.19. The summed E-state index contributed by atoms with van der Waals surface area (Å²) in [5.41, 5.74) is 7.94. The second kappa shape index (κ2) is 5.39. The number of carbonyl (C=O) groups excluding carboxylic acids is 1. The number of ether oxygens (including phenoxy) is 1. The van der Waals surface area contributed by atoms with E-state index in [9.17, 15) is 4.79 Å². The molecule has 0 saturated carbocycles. The molecule has 1 amide bonds. The zero-order chi connectivity index (χ0) is 13.8. The molecule has 0 unspecified atom stereocenters. The van der Waals surface area contributed by atoms with Crippen LogP contribution in [0.2, 0.25) is 0 Å². The standard InChI is InChI=1S/C14H15N3O2/c1-9-7-11(15)3-5-13(9)19-14-6-4-12(8-16-14)17-10(2)18/h3-8H,15H2,1-2H3,(H,17,18). The van der Waals surface area contributed by atoms with Gasteiger partial charge >= 0.3 is 0 Å². The molecule has 0 aliphatic carbocycles. The minimum absolute atomic E-state index is 0.134. The van der Waals surface area contributed by atoms with Crippen molar-refractivity contribution in [2.24, 2.45) is 0 Å². The van der Waals surface area contributed by atoms with E-state index in [4.69, 9.17) is 10.5 Å². The molecule has 2 rings (SSSR count). The number of benzene rings is 1. The van der Waals surface area contributed by atoms with E-state index in [1.165, 1.54) is 6.92 Å². The summed E-state index contributed by atoms with van der Waals surface area (Å²) in [4.78, 5) is 15.0. The Kier molecular flexibility index (Phi) is 3.66. The number of nitrogens with zero attached hydrogens (tertiary/aromatic N) is 1. The lowest BCUT2D eigenvalue weighted by Crippen LogP contribution is -2.05. The number of carbonyl (C=O) groups is 1. The predicted octanol–water partition coefficient (Wildman–Crippen LogP) is 2.72. The van der Waals surface area contributed by atoms with Crippen LogP contribution in [-0.4, -0.2) is 10.9 Å². The van der Waals surface area contributed by atoms with Crippen molar-refractivity contribution in [3.05, 3.63) is 42.1 Å². The fourth-order valence-corrected chi connectivity index (χ4v) is 1.62. The van der Waals surface area contributed by atoms with Gasteiger partial charge in [-0.25, -0.2) is 4.98 Å². The number of pyridine rings is 1. The lowest BCUT2D eigenvalue weighted by Gasteiger charge is -2.09. The maximum Gasteiger partial charge on any atom is 0.221 e. The smallest absolute Gasteiger partial charge is 0.221 e. The van der Waals surface area contributed by atoms with Crippen molar-refractivity contribution >= 4 is 17.3 Å². The second-order valence-corrected chi connectivity index (χ2v) is 4.19. The van der Waals surface area contributed by atoms with Gasteiger partial charge in [-0.3, -0.25) is 4.79 Å². The molecule has 3 N–H and O–H groups in total. The fraction of sp³-hybridized carbons (Fsp3) is 0.143. The van der Waals surface area contributed by atoms with Crippen LogP contribution in [0.3, 0.4) is 0 Å². The van der Waals surface area contributed by atoms with Crippen LogP contribution in [0.4, 0.5) is 11.4 Å². The molecule has 0 fully saturated rings. The van der Waals surface area contributed by atoms with E-state index in [0.717, 1.165) is 5.56 Å². The summed E-state index contributed by atoms with van der Waals surface area (Å²) in [6.45, 7) is 3.36. The number of hydrogen-bond donors (Lipinski definition) is 2. The van der Waals surface area contributed by atoms with Crippen LogP contribution in [0, 0.1) is 6.92 Å². The number of nitrogens with two attached hydrogens (primary N) is 1. The summed E-state index contributed by atoms with van der Waals surface area (Å²) < 4.78 is 5.64. The van der Waals surface area contributed by atoms with Crippen LogP contribution in [0.25, 0.3) is 0 Å². The zero-order valence-corrected chi connectivity index (χ0v) is 10.8. The number of rotatable bonds is 3. The Morgan fingerprint density at radius 1 is 1.32 bits per heavy atom. The lowest BCUT2D eigenvalue weighted by atomic mass is 10.2. The molecule has 1 aromatic heterocycles. The first kappa shape index (κ1) is 12.9. The molecule has 0 spiro atoms. The summed E-state index contributed by atoms with van der Waals surface area (Å²) in [5.74, 6) is 1.03. The largest absolute Gasteiger partial charge is 0.439 e. The van der Waals surface area contributed by atoms with Gasteiger partial charge in [-0.05, 0) is 36.8 Å². The van der Waals surface area contributed by atoms with Gasteiger partial charge in [0.1, 0.15) is 5.75 Å². The van der Waals surface area contributed by atoms with Gasteiger partial charge in [0.2, 0.25) is 11.8 Å². The SMILES string of the molecule is CC(=O)Nc1ccc(Oc2ccc(N)cc2C)nc1. The normalized spacial score (nSPS) is 10.0. The minimum atomic E-state index is -0.134. The summed E-state index contributed by atoms with van der Waals surface area (Å²) in [6, 6.07) is 8.83. The Balaban J connectivity index is 2.13. The third-order valence-electron chi connectivity index (χ3n) is 2.47. The molecule has 0 aliphatic heterocycles. The van der Waals surface area contributed by atoms with E-state index in [1.807, 2.05) is 13.0 Å². The molecule has 2 aromatic rings. The molecule has 0 atom stereocenters. The van der Waals surface area contributed by atoms with Crippen molar-refractivity contribution in [2.75, 3.05) is 11.1 Å². The average Bonchev–Trinajstić information content (AvgIpc) is 2.34. The van der Waals surface area contributed by atoms with E-state index in [0.29, 0.717) is 23.0 Å². The summed E-state index contributed by atoms with van der Waals surface area (Å²) in [7, 11) is 0. The number of anilines is 2. The number of nitrogen functional groups attached to an aromatic ring is 1. The van der Waals surface area contributed by atoms with Crippen molar-refractivity contribution in [3.8, 4) is 11.6 Å². The molecule has 5 nitrogen and oxygen atoms in total. The van der Waals surface area contributed by atoms with Crippen LogP contribution in [0.1, 0.15) is 12.5 Å². The Labute approximate surface area is 111 Å². The minimum Gasteiger partial charge on any atom is -0.439 e. The molecule has 0 radical (unpaired) electrons. The lowest BCUT2D eigenvalue weighted by molar-refractivity contribution is -0.114. The highest BCUT2D eigenvalue weighted by atomic mass is 16.5. The van der Waals surface area contributed by atoms with E-state index in [-0.39, 0.29) is 5.91 Å². The third kappa shape index (κ3) is 3.45. The third-order valence-corrected chi connectivity index (χ3v) is 2.47. The van der Waals surface area contributed by atoms with Crippen LogP contribution < -0.4 is 15.8 Å². The van der Waals surface area contributed by atoms with Gasteiger partial charge in [-0.15, -0.1) is 0 Å². The highest BCUT2D eigenvalue weighted by molar-refractivity contribution is 5.88. The van der Waals surface area contributed by atoms with E-state index in [1.54, 1.807) is 30.5 Å². The number of aromatic nitrogens is 1. The van der Waals surface area contributed by atoms with Crippen molar-refractivity contribution < 1.29 is 9.53 Å². The molecule has 0 aliphatic rings. The average molecular weight is 257 g/mol. The highest BCUT2D eigenvalue weighted by Crippen LogP contribution is 2.25. The molecular weight excluding hydrogens is 242 g/mol. The van der Waals surface area contributed by atoms with Gasteiger partial charge in [-0.2, -0.15) is 0 Å². The van der Waals surface area contributed by atoms with E-state index < -0.39 is 0 Å². The van der Waals surface area contributed by atoms with Gasteiger partial charge < -0.3 is 15.8 Å². The maximum atomic E-state index is 10.9. The molecule has 0 saturated heterocycles. The van der Waals surface area contributed by atoms with Gasteiger partial charge in [-0.1, -0.05) is 0 Å². The van der Waals surface area contributed by atoms with Gasteiger partial charge in [0.15, 0.2) is 0 Å². The van der Waals surface area contributed by atoms with Crippen molar-refractivity contribution in [1.29, 1.82) is 0 Å². The van der Waals surface area contributed by atoms with Gasteiger partial charge in [0.05, 0.1) is 11.9 Å². The highest BCUT2D eigenvalue weighted by Gasteiger charge is 2.03. The van der Waals surface area contributed by atoms with Crippen LogP contribution >= 0.6 is 0 Å². The first-order valence-corrected chi connectivity index (χ1v) is 5.82. The topological polar surface area (TPSA) is 77.2 Å². The predicted molar refractivity (Wildman–Crippen MR) is 74.2 cm³/mol. The van der Waals surface area contributed by atoms with Gasteiger partial charge in [0, 0.05) is 18.7 Å².